The first-order valence-corrected chi connectivity index (χ1v) is 8.35. The van der Waals surface area contributed by atoms with Gasteiger partial charge in [-0.15, -0.1) is 0 Å². The second kappa shape index (κ2) is 7.99. The number of hydrogen-bond acceptors (Lipinski definition) is 2. The summed E-state index contributed by atoms with van der Waals surface area (Å²) >= 11 is 6.29. The van der Waals surface area contributed by atoms with Crippen molar-refractivity contribution in [2.75, 3.05) is 13.6 Å². The smallest absolute Gasteiger partial charge is 0.0621 e. The molecule has 0 radical (unpaired) electrons. The molecule has 0 aliphatic heterocycles. The molecule has 0 amide bonds. The van der Waals surface area contributed by atoms with Gasteiger partial charge < -0.3 is 5.32 Å². The Kier molecular flexibility index (Phi) is 6.31. The van der Waals surface area contributed by atoms with Gasteiger partial charge in [0.15, 0.2) is 0 Å². The lowest BCUT2D eigenvalue weighted by Crippen LogP contribution is -2.33. The number of rotatable bonds is 6. The van der Waals surface area contributed by atoms with Crippen LogP contribution in [0.15, 0.2) is 18.5 Å². The van der Waals surface area contributed by atoms with Crippen molar-refractivity contribution >= 4 is 11.6 Å². The molecule has 1 fully saturated rings. The summed E-state index contributed by atoms with van der Waals surface area (Å²) in [6, 6.07) is 2.09. The van der Waals surface area contributed by atoms with Crippen LogP contribution >= 0.6 is 11.6 Å². The molecule has 2 rings (SSSR count). The minimum Gasteiger partial charge on any atom is -0.319 e. The van der Waals surface area contributed by atoms with E-state index in [0.29, 0.717) is 0 Å². The first kappa shape index (κ1) is 15.8. The molecule has 0 spiro atoms. The van der Waals surface area contributed by atoms with Crippen LogP contribution in [-0.4, -0.2) is 18.6 Å². The van der Waals surface area contributed by atoms with Gasteiger partial charge in [-0.2, -0.15) is 0 Å². The molecule has 3 atom stereocenters. The third-order valence-corrected chi connectivity index (χ3v) is 5.09. The Morgan fingerprint density at radius 3 is 2.90 bits per heavy atom. The zero-order chi connectivity index (χ0) is 14.4. The average molecular weight is 295 g/mol. The average Bonchev–Trinajstić information content (AvgIpc) is 2.45. The predicted octanol–water partition coefficient (Wildman–Crippen LogP) is 4.33. The predicted molar refractivity (Wildman–Crippen MR) is 86.1 cm³/mol. The highest BCUT2D eigenvalue weighted by Gasteiger charge is 2.30. The molecule has 0 saturated heterocycles. The fourth-order valence-corrected chi connectivity index (χ4v) is 3.92. The van der Waals surface area contributed by atoms with Crippen molar-refractivity contribution in [3.8, 4) is 0 Å². The molecule has 3 heteroatoms. The van der Waals surface area contributed by atoms with Gasteiger partial charge in [0.1, 0.15) is 0 Å². The Morgan fingerprint density at radius 1 is 1.35 bits per heavy atom. The Balaban J connectivity index is 2.05. The molecule has 20 heavy (non-hydrogen) atoms. The summed E-state index contributed by atoms with van der Waals surface area (Å²) in [5, 5.41) is 4.20. The highest BCUT2D eigenvalue weighted by atomic mass is 35.5. The summed E-state index contributed by atoms with van der Waals surface area (Å²) in [5.41, 5.74) is 1.27. The standard InChI is InChI=1S/C17H27ClN2/c1-3-4-13-5-6-15(11-19-2)16(9-13)10-14-7-8-20-12-17(14)18/h7-8,12-13,15-16,19H,3-6,9-11H2,1-2H3. The highest BCUT2D eigenvalue weighted by Crippen LogP contribution is 2.38. The number of aromatic nitrogens is 1. The molecule has 1 aliphatic carbocycles. The fourth-order valence-electron chi connectivity index (χ4n) is 3.73. The van der Waals surface area contributed by atoms with Gasteiger partial charge in [0.05, 0.1) is 5.02 Å². The lowest BCUT2D eigenvalue weighted by Gasteiger charge is -2.36. The van der Waals surface area contributed by atoms with Gasteiger partial charge in [-0.25, -0.2) is 0 Å². The maximum atomic E-state index is 6.29. The van der Waals surface area contributed by atoms with Crippen LogP contribution in [-0.2, 0) is 6.42 Å². The molecule has 112 valence electrons. The molecule has 0 aromatic carbocycles. The maximum Gasteiger partial charge on any atom is 0.0621 e. The van der Waals surface area contributed by atoms with Crippen molar-refractivity contribution in [2.24, 2.45) is 17.8 Å². The van der Waals surface area contributed by atoms with Crippen molar-refractivity contribution in [1.82, 2.24) is 10.3 Å². The summed E-state index contributed by atoms with van der Waals surface area (Å²) in [6.45, 7) is 3.43. The molecule has 3 unspecified atom stereocenters. The normalized spacial score (nSPS) is 26.6. The monoisotopic (exact) mass is 294 g/mol. The summed E-state index contributed by atoms with van der Waals surface area (Å²) < 4.78 is 0. The number of hydrogen-bond donors (Lipinski definition) is 1. The third kappa shape index (κ3) is 4.20. The van der Waals surface area contributed by atoms with E-state index in [1.54, 1.807) is 6.20 Å². The minimum absolute atomic E-state index is 0.757. The van der Waals surface area contributed by atoms with Crippen LogP contribution in [0, 0.1) is 17.8 Å². The van der Waals surface area contributed by atoms with E-state index in [1.165, 1.54) is 37.7 Å². The van der Waals surface area contributed by atoms with Crippen LogP contribution in [0.25, 0.3) is 0 Å². The summed E-state index contributed by atoms with van der Waals surface area (Å²) in [4.78, 5) is 4.09. The van der Waals surface area contributed by atoms with Gasteiger partial charge in [0.25, 0.3) is 0 Å². The van der Waals surface area contributed by atoms with E-state index < -0.39 is 0 Å². The molecular formula is C17H27ClN2. The Hall–Kier alpha value is -0.600. The second-order valence-electron chi connectivity index (χ2n) is 6.22. The summed E-state index contributed by atoms with van der Waals surface area (Å²) in [7, 11) is 2.06. The van der Waals surface area contributed by atoms with Crippen molar-refractivity contribution in [3.05, 3.63) is 29.0 Å². The van der Waals surface area contributed by atoms with E-state index in [9.17, 15) is 0 Å². The van der Waals surface area contributed by atoms with E-state index in [4.69, 9.17) is 11.6 Å². The Bertz CT molecular complexity index is 408. The van der Waals surface area contributed by atoms with Gasteiger partial charge in [0.2, 0.25) is 0 Å². The van der Waals surface area contributed by atoms with E-state index >= 15 is 0 Å². The number of nitrogens with one attached hydrogen (secondary N) is 1. The van der Waals surface area contributed by atoms with Gasteiger partial charge in [-0.3, -0.25) is 4.98 Å². The van der Waals surface area contributed by atoms with Crippen LogP contribution in [0.2, 0.25) is 5.02 Å². The minimum atomic E-state index is 0.757. The SMILES string of the molecule is CCCC1CCC(CNC)C(Cc2ccncc2Cl)C1. The van der Waals surface area contributed by atoms with Gasteiger partial charge in [-0.05, 0) is 62.2 Å². The maximum absolute atomic E-state index is 6.29. The number of pyridine rings is 1. The van der Waals surface area contributed by atoms with E-state index in [-0.39, 0.29) is 0 Å². The zero-order valence-electron chi connectivity index (χ0n) is 12.7. The first-order valence-electron chi connectivity index (χ1n) is 7.97. The molecule has 1 N–H and O–H groups in total. The lowest BCUT2D eigenvalue weighted by molar-refractivity contribution is 0.169. The number of halogens is 1. The van der Waals surface area contributed by atoms with Crippen LogP contribution in [0.5, 0.6) is 0 Å². The quantitative estimate of drug-likeness (QED) is 0.845. The Morgan fingerprint density at radius 2 is 2.20 bits per heavy atom. The van der Waals surface area contributed by atoms with E-state index in [0.717, 1.165) is 35.7 Å². The summed E-state index contributed by atoms with van der Waals surface area (Å²) in [6.07, 6.45) is 11.6. The molecule has 2 nitrogen and oxygen atoms in total. The molecule has 1 heterocycles. The lowest BCUT2D eigenvalue weighted by atomic mass is 9.70. The topological polar surface area (TPSA) is 24.9 Å². The van der Waals surface area contributed by atoms with E-state index in [2.05, 4.69) is 30.3 Å². The fraction of sp³-hybridized carbons (Fsp3) is 0.706. The first-order chi connectivity index (χ1) is 9.74. The zero-order valence-corrected chi connectivity index (χ0v) is 13.5. The molecule has 1 aromatic rings. The van der Waals surface area contributed by atoms with Crippen LogP contribution in [0.4, 0.5) is 0 Å². The summed E-state index contributed by atoms with van der Waals surface area (Å²) in [5.74, 6) is 2.46. The number of nitrogens with zero attached hydrogens (tertiary/aromatic N) is 1. The van der Waals surface area contributed by atoms with Gasteiger partial charge >= 0.3 is 0 Å². The Labute approximate surface area is 128 Å². The van der Waals surface area contributed by atoms with Crippen LogP contribution in [0.3, 0.4) is 0 Å². The van der Waals surface area contributed by atoms with Crippen molar-refractivity contribution < 1.29 is 0 Å². The van der Waals surface area contributed by atoms with Gasteiger partial charge in [0, 0.05) is 12.4 Å². The molecule has 1 aliphatic rings. The van der Waals surface area contributed by atoms with Gasteiger partial charge in [-0.1, -0.05) is 37.8 Å². The molecule has 1 saturated carbocycles. The van der Waals surface area contributed by atoms with Crippen LogP contribution < -0.4 is 5.32 Å². The van der Waals surface area contributed by atoms with Crippen LogP contribution in [0.1, 0.15) is 44.6 Å². The largest absolute Gasteiger partial charge is 0.319 e. The van der Waals surface area contributed by atoms with Crippen molar-refractivity contribution in [3.63, 3.8) is 0 Å². The molecular weight excluding hydrogens is 268 g/mol. The molecule has 1 aromatic heterocycles. The molecule has 0 bridgehead atoms. The van der Waals surface area contributed by atoms with E-state index in [1.807, 2.05) is 6.20 Å². The second-order valence-corrected chi connectivity index (χ2v) is 6.62. The van der Waals surface area contributed by atoms with Crippen molar-refractivity contribution in [2.45, 2.75) is 45.4 Å². The highest BCUT2D eigenvalue weighted by molar-refractivity contribution is 6.31. The third-order valence-electron chi connectivity index (χ3n) is 4.75. The van der Waals surface area contributed by atoms with Crippen molar-refractivity contribution in [1.29, 1.82) is 0 Å².